The topological polar surface area (TPSA) is 94.1 Å². The molecule has 0 aliphatic heterocycles. The minimum absolute atomic E-state index is 0.534. The monoisotopic (exact) mass is 735 g/mol. The van der Waals surface area contributed by atoms with Gasteiger partial charge in [-0.25, -0.2) is 15.0 Å². The molecule has 288 valence electrons. The Morgan fingerprint density at radius 3 is 0.815 bits per heavy atom. The molecule has 0 saturated heterocycles. The van der Waals surface area contributed by atoms with Crippen molar-refractivity contribution in [2.24, 2.45) is 0 Å². The molecule has 7 aromatic rings. The zero-order valence-electron chi connectivity index (χ0n) is 33.9. The third-order valence-corrected chi connectivity index (χ3v) is 11.6. The Hall–Kier alpha value is -4.53. The first kappa shape index (κ1) is 37.8. The summed E-state index contributed by atoms with van der Waals surface area (Å²) in [6.45, 7) is 6.72. The summed E-state index contributed by atoms with van der Waals surface area (Å²) in [6, 6.07) is 0. The summed E-state index contributed by atoms with van der Waals surface area (Å²) in [4.78, 5) is 16.3. The van der Waals surface area contributed by atoms with Crippen LogP contribution in [0.5, 0.6) is 34.9 Å². The lowest BCUT2D eigenvalue weighted by Crippen LogP contribution is -2.09. The second kappa shape index (κ2) is 16.1. The second-order valence-corrected chi connectivity index (χ2v) is 14.8. The molecule has 9 nitrogen and oxygen atoms in total. The Bertz CT molecular complexity index is 2090. The molecule has 7 rings (SSSR count). The van der Waals surface area contributed by atoms with E-state index in [-0.39, 0.29) is 0 Å². The van der Waals surface area contributed by atoms with E-state index in [1.165, 1.54) is 19.3 Å². The van der Waals surface area contributed by atoms with Gasteiger partial charge in [0.2, 0.25) is 17.6 Å². The summed E-state index contributed by atoms with van der Waals surface area (Å²) in [5.41, 5.74) is 5.76. The Morgan fingerprint density at radius 2 is 0.593 bits per heavy atom. The molecule has 0 saturated carbocycles. The number of rotatable bonds is 21. The molecule has 3 aromatic heterocycles. The van der Waals surface area contributed by atoms with Gasteiger partial charge in [-0.05, 0) is 38.5 Å². The Morgan fingerprint density at radius 1 is 0.315 bits per heavy atom. The van der Waals surface area contributed by atoms with Crippen molar-refractivity contribution in [1.29, 1.82) is 0 Å². The van der Waals surface area contributed by atoms with E-state index in [9.17, 15) is 0 Å². The first-order chi connectivity index (χ1) is 26.5. The number of aryl methyl sites for hydroxylation is 3. The second-order valence-electron chi connectivity index (χ2n) is 14.8. The van der Waals surface area contributed by atoms with Gasteiger partial charge in [0.15, 0.2) is 0 Å². The van der Waals surface area contributed by atoms with E-state index in [1.54, 1.807) is 42.7 Å². The molecular weight excluding hydrogens is 679 g/mol. The Balaban J connectivity index is 1.78. The zero-order chi connectivity index (χ0) is 38.1. The molecule has 0 aliphatic rings. The average Bonchev–Trinajstić information content (AvgIpc) is 3.20. The van der Waals surface area contributed by atoms with E-state index < -0.39 is 0 Å². The van der Waals surface area contributed by atoms with Gasteiger partial charge >= 0.3 is 0 Å². The number of hydrogen-bond acceptors (Lipinski definition) is 9. The maximum absolute atomic E-state index is 6.42. The highest BCUT2D eigenvalue weighted by atomic mass is 16.5. The molecule has 54 heavy (non-hydrogen) atoms. The number of ether oxygens (including phenoxy) is 6. The van der Waals surface area contributed by atoms with Gasteiger partial charge in [0.1, 0.15) is 17.2 Å². The maximum Gasteiger partial charge on any atom is 0.225 e. The minimum atomic E-state index is 0.534. The van der Waals surface area contributed by atoms with Crippen LogP contribution in [0.3, 0.4) is 0 Å². The Labute approximate surface area is 319 Å². The fourth-order valence-electron chi connectivity index (χ4n) is 9.23. The molecule has 4 aromatic carbocycles. The largest absolute Gasteiger partial charge is 0.496 e. The number of methoxy groups -OCH3 is 6. The van der Waals surface area contributed by atoms with Crippen LogP contribution >= 0.6 is 0 Å². The number of nitrogens with zero attached hydrogens (tertiary/aromatic N) is 3. The summed E-state index contributed by atoms with van der Waals surface area (Å²) >= 11 is 0. The summed E-state index contributed by atoms with van der Waals surface area (Å²) < 4.78 is 38.0. The fourth-order valence-corrected chi connectivity index (χ4v) is 9.23. The molecular formula is C45H57N3O6. The highest BCUT2D eigenvalue weighted by Gasteiger charge is 2.36. The number of aromatic nitrogens is 3. The van der Waals surface area contributed by atoms with Gasteiger partial charge in [0.25, 0.3) is 0 Å². The van der Waals surface area contributed by atoms with Gasteiger partial charge in [0, 0.05) is 49.0 Å². The predicted molar refractivity (Wildman–Crippen MR) is 221 cm³/mol. The van der Waals surface area contributed by atoms with Crippen LogP contribution < -0.4 is 28.4 Å². The molecule has 0 amide bonds. The van der Waals surface area contributed by atoms with E-state index in [2.05, 4.69) is 20.8 Å². The van der Waals surface area contributed by atoms with E-state index in [0.29, 0.717) is 17.6 Å². The zero-order valence-corrected chi connectivity index (χ0v) is 33.9. The number of hydrogen-bond donors (Lipinski definition) is 0. The maximum atomic E-state index is 6.42. The third kappa shape index (κ3) is 5.75. The van der Waals surface area contributed by atoms with Gasteiger partial charge in [-0.1, -0.05) is 78.6 Å². The van der Waals surface area contributed by atoms with Crippen molar-refractivity contribution in [2.45, 2.75) is 117 Å². The quantitative estimate of drug-likeness (QED) is 0.0406. The standard InChI is InChI=1S/C45H57N3O6/c1-10-13-16-19-22-25-37-31-28-32-30-33-29(31)35(44(46-37)53-8)41(50-5)27(24-21-18-15-12-3)39(33)48-45(54-9)36(30)42(51-6)26(23-20-17-14-11-2)38(32)47-43(52-7)34(28)40(25)49-4/h10-24H2,1-9H3. The molecule has 0 aliphatic carbocycles. The van der Waals surface area contributed by atoms with Crippen LogP contribution in [0.25, 0.3) is 65.0 Å². The predicted octanol–water partition coefficient (Wildman–Crippen LogP) is 11.5. The van der Waals surface area contributed by atoms with Crippen molar-refractivity contribution in [2.75, 3.05) is 42.7 Å². The molecule has 0 fully saturated rings. The molecule has 0 spiro atoms. The van der Waals surface area contributed by atoms with Crippen molar-refractivity contribution in [3.05, 3.63) is 16.7 Å². The SMILES string of the molecule is CCCCCCc1c(OC)c2c(OC)nc3c(CCCCCC)c(OC)c4c(OC)nc5c(CCCCCC)c(OC)c6c(OC)nc1c1c6c5c4c3c21. The fraction of sp³-hybridized carbons (Fsp3) is 0.533. The van der Waals surface area contributed by atoms with Crippen molar-refractivity contribution in [3.8, 4) is 34.9 Å². The van der Waals surface area contributed by atoms with Gasteiger partial charge in [-0.3, -0.25) is 0 Å². The van der Waals surface area contributed by atoms with Crippen molar-refractivity contribution in [3.63, 3.8) is 0 Å². The highest BCUT2D eigenvalue weighted by Crippen LogP contribution is 2.59. The average molecular weight is 736 g/mol. The molecule has 3 heterocycles. The first-order valence-electron chi connectivity index (χ1n) is 20.2. The van der Waals surface area contributed by atoms with Crippen molar-refractivity contribution in [1.82, 2.24) is 15.0 Å². The van der Waals surface area contributed by atoms with Crippen molar-refractivity contribution >= 4 is 65.0 Å². The van der Waals surface area contributed by atoms with Crippen LogP contribution in [0, 0.1) is 0 Å². The molecule has 0 atom stereocenters. The lowest BCUT2D eigenvalue weighted by Gasteiger charge is -2.28. The smallest absolute Gasteiger partial charge is 0.225 e. The van der Waals surface area contributed by atoms with E-state index >= 15 is 0 Å². The summed E-state index contributed by atoms with van der Waals surface area (Å²) in [7, 11) is 10.4. The molecule has 9 heteroatoms. The van der Waals surface area contributed by atoms with Crippen LogP contribution in [0.2, 0.25) is 0 Å². The normalized spacial score (nSPS) is 12.2. The molecule has 0 unspecified atom stereocenters. The highest BCUT2D eigenvalue weighted by molar-refractivity contribution is 6.47. The van der Waals surface area contributed by atoms with E-state index in [1.807, 2.05) is 0 Å². The molecule has 0 bridgehead atoms. The minimum Gasteiger partial charge on any atom is -0.496 e. The van der Waals surface area contributed by atoms with Crippen molar-refractivity contribution < 1.29 is 28.4 Å². The lowest BCUT2D eigenvalue weighted by atomic mass is 9.81. The van der Waals surface area contributed by atoms with Gasteiger partial charge in [-0.15, -0.1) is 0 Å². The van der Waals surface area contributed by atoms with Gasteiger partial charge < -0.3 is 28.4 Å². The summed E-state index contributed by atoms with van der Waals surface area (Å²) in [5, 5.41) is 8.76. The molecule has 0 N–H and O–H groups in total. The lowest BCUT2D eigenvalue weighted by molar-refractivity contribution is 0.390. The van der Waals surface area contributed by atoms with Crippen LogP contribution in [0.15, 0.2) is 0 Å². The third-order valence-electron chi connectivity index (χ3n) is 11.6. The number of benzene rings is 4. The Kier molecular flexibility index (Phi) is 11.2. The molecule has 0 radical (unpaired) electrons. The van der Waals surface area contributed by atoms with E-state index in [0.717, 1.165) is 176 Å². The van der Waals surface area contributed by atoms with Crippen LogP contribution in [0.4, 0.5) is 0 Å². The van der Waals surface area contributed by atoms with Gasteiger partial charge in [-0.2, -0.15) is 0 Å². The summed E-state index contributed by atoms with van der Waals surface area (Å²) in [5.74, 6) is 3.86. The first-order valence-corrected chi connectivity index (χ1v) is 20.2. The number of unbranched alkanes of at least 4 members (excludes halogenated alkanes) is 9. The van der Waals surface area contributed by atoms with Gasteiger partial charge in [0.05, 0.1) is 75.4 Å². The van der Waals surface area contributed by atoms with Crippen LogP contribution in [0.1, 0.15) is 115 Å². The number of pyridine rings is 3. The summed E-state index contributed by atoms with van der Waals surface area (Å²) in [6.07, 6.45) is 15.7. The van der Waals surface area contributed by atoms with E-state index in [4.69, 9.17) is 43.4 Å². The van der Waals surface area contributed by atoms with Crippen LogP contribution in [-0.2, 0) is 19.3 Å². The van der Waals surface area contributed by atoms with Crippen LogP contribution in [-0.4, -0.2) is 57.6 Å².